The summed E-state index contributed by atoms with van der Waals surface area (Å²) in [4.78, 5) is 19.0. The van der Waals surface area contributed by atoms with Crippen LogP contribution in [0.3, 0.4) is 0 Å². The number of amides is 1. The fourth-order valence-corrected chi connectivity index (χ4v) is 4.54. The summed E-state index contributed by atoms with van der Waals surface area (Å²) in [5.74, 6) is 0.791. The van der Waals surface area contributed by atoms with Crippen LogP contribution in [0.15, 0.2) is 40.1 Å². The molecule has 1 amide bonds. The minimum atomic E-state index is -0.305. The molecule has 0 saturated carbocycles. The molecule has 2 aromatic rings. The van der Waals surface area contributed by atoms with Gasteiger partial charge in [-0.1, -0.05) is 30.0 Å². The molecule has 0 spiro atoms. The van der Waals surface area contributed by atoms with Crippen molar-refractivity contribution in [3.05, 3.63) is 41.4 Å². The Morgan fingerprint density at radius 2 is 2.23 bits per heavy atom. The molecular formula is C19H24N2O3S2. The van der Waals surface area contributed by atoms with Gasteiger partial charge in [-0.15, -0.1) is 11.3 Å². The van der Waals surface area contributed by atoms with Crippen LogP contribution in [0.4, 0.5) is 0 Å². The minimum Gasteiger partial charge on any atom is -0.494 e. The topological polar surface area (TPSA) is 62.7 Å². The number of rotatable bonds is 7. The van der Waals surface area contributed by atoms with E-state index in [2.05, 4.69) is 4.98 Å². The minimum absolute atomic E-state index is 0.0388. The van der Waals surface area contributed by atoms with Crippen LogP contribution < -0.4 is 4.74 Å². The summed E-state index contributed by atoms with van der Waals surface area (Å²) in [5.41, 5.74) is 0.203. The number of ether oxygens (including phenoxy) is 1. The van der Waals surface area contributed by atoms with Crippen LogP contribution in [0.2, 0.25) is 0 Å². The highest BCUT2D eigenvalue weighted by Crippen LogP contribution is 2.34. The molecule has 0 unspecified atom stereocenters. The van der Waals surface area contributed by atoms with Gasteiger partial charge in [-0.3, -0.25) is 4.79 Å². The van der Waals surface area contributed by atoms with E-state index in [9.17, 15) is 9.90 Å². The predicted molar refractivity (Wildman–Crippen MR) is 105 cm³/mol. The number of aliphatic hydroxyl groups excluding tert-OH is 1. The number of aliphatic hydroxyl groups is 1. The maximum Gasteiger partial charge on any atom is 0.273 e. The highest BCUT2D eigenvalue weighted by Gasteiger charge is 2.37. The van der Waals surface area contributed by atoms with Gasteiger partial charge in [-0.05, 0) is 37.7 Å². The number of carbonyl (C=O) groups is 1. The van der Waals surface area contributed by atoms with Crippen LogP contribution in [0.25, 0.3) is 0 Å². The summed E-state index contributed by atoms with van der Waals surface area (Å²) in [6, 6.07) is 9.68. The van der Waals surface area contributed by atoms with Gasteiger partial charge in [-0.2, -0.15) is 0 Å². The number of nitrogens with zero attached hydrogens (tertiary/aromatic N) is 2. The van der Waals surface area contributed by atoms with Gasteiger partial charge in [0.25, 0.3) is 5.91 Å². The van der Waals surface area contributed by atoms with Gasteiger partial charge < -0.3 is 14.7 Å². The number of benzene rings is 1. The molecule has 7 heteroatoms. The van der Waals surface area contributed by atoms with Crippen LogP contribution in [-0.4, -0.2) is 53.5 Å². The second kappa shape index (κ2) is 8.88. The molecule has 1 saturated heterocycles. The van der Waals surface area contributed by atoms with Crippen molar-refractivity contribution in [1.29, 1.82) is 0 Å². The Morgan fingerprint density at radius 3 is 2.92 bits per heavy atom. The Balaban J connectivity index is 1.61. The molecule has 5 nitrogen and oxygen atoms in total. The van der Waals surface area contributed by atoms with E-state index in [1.165, 1.54) is 11.3 Å². The second-order valence-corrected chi connectivity index (χ2v) is 8.51. The zero-order chi connectivity index (χ0) is 18.4. The average Bonchev–Trinajstić information content (AvgIpc) is 3.18. The maximum atomic E-state index is 12.8. The Kier molecular flexibility index (Phi) is 6.56. The first-order chi connectivity index (χ1) is 12.7. The molecule has 0 aliphatic carbocycles. The number of para-hydroxylation sites is 1. The van der Waals surface area contributed by atoms with Gasteiger partial charge in [0.2, 0.25) is 0 Å². The van der Waals surface area contributed by atoms with Crippen molar-refractivity contribution in [2.24, 2.45) is 5.41 Å². The van der Waals surface area contributed by atoms with Crippen LogP contribution >= 0.6 is 23.1 Å². The van der Waals surface area contributed by atoms with Crippen molar-refractivity contribution in [1.82, 2.24) is 9.88 Å². The number of aromatic nitrogens is 1. The Labute approximate surface area is 162 Å². The fourth-order valence-electron chi connectivity index (χ4n) is 3.31. The van der Waals surface area contributed by atoms with Gasteiger partial charge in [0.1, 0.15) is 15.8 Å². The number of carbonyl (C=O) groups excluding carboxylic acids is 1. The van der Waals surface area contributed by atoms with E-state index in [1.54, 1.807) is 11.8 Å². The molecule has 1 atom stereocenters. The summed E-state index contributed by atoms with van der Waals surface area (Å²) < 4.78 is 6.70. The monoisotopic (exact) mass is 392 g/mol. The molecule has 2 heterocycles. The molecule has 3 rings (SSSR count). The SMILES string of the molecule is CSc1nc(C(=O)N2CCC[C@](CO)(CCOc3ccccc3)C2)cs1. The van der Waals surface area contributed by atoms with Gasteiger partial charge >= 0.3 is 0 Å². The lowest BCUT2D eigenvalue weighted by Gasteiger charge is -2.41. The number of hydrogen-bond acceptors (Lipinski definition) is 6. The quantitative estimate of drug-likeness (QED) is 0.730. The maximum absolute atomic E-state index is 12.8. The third kappa shape index (κ3) is 4.58. The largest absolute Gasteiger partial charge is 0.494 e. The van der Waals surface area contributed by atoms with Crippen LogP contribution in [-0.2, 0) is 0 Å². The molecule has 1 aliphatic heterocycles. The standard InChI is InChI=1S/C19H24N2O3S2/c1-25-18-20-16(12-26-18)17(23)21-10-5-8-19(13-21,14-22)9-11-24-15-6-3-2-4-7-15/h2-4,6-7,12,22H,5,8-11,13-14H2,1H3/t19-/m0/s1. The molecule has 1 N–H and O–H groups in total. The van der Waals surface area contributed by atoms with E-state index in [-0.39, 0.29) is 17.9 Å². The summed E-state index contributed by atoms with van der Waals surface area (Å²) in [6.45, 7) is 1.85. The Morgan fingerprint density at radius 1 is 1.42 bits per heavy atom. The second-order valence-electron chi connectivity index (χ2n) is 6.60. The number of piperidine rings is 1. The zero-order valence-corrected chi connectivity index (χ0v) is 16.5. The lowest BCUT2D eigenvalue weighted by atomic mass is 9.78. The molecule has 1 aromatic carbocycles. The first-order valence-corrected chi connectivity index (χ1v) is 10.8. The van der Waals surface area contributed by atoms with Crippen molar-refractivity contribution in [2.75, 3.05) is 32.6 Å². The van der Waals surface area contributed by atoms with E-state index < -0.39 is 0 Å². The first-order valence-electron chi connectivity index (χ1n) is 8.73. The van der Waals surface area contributed by atoms with Crippen LogP contribution in [0.1, 0.15) is 29.8 Å². The Hall–Kier alpha value is -1.57. The number of thioether (sulfide) groups is 1. The Bertz CT molecular complexity index is 723. The third-order valence-electron chi connectivity index (χ3n) is 4.81. The highest BCUT2D eigenvalue weighted by molar-refractivity contribution is 8.00. The predicted octanol–water partition coefficient (Wildman–Crippen LogP) is 3.55. The summed E-state index contributed by atoms with van der Waals surface area (Å²) >= 11 is 3.04. The molecule has 0 radical (unpaired) electrons. The molecule has 1 fully saturated rings. The smallest absolute Gasteiger partial charge is 0.273 e. The first kappa shape index (κ1) is 19.2. The lowest BCUT2D eigenvalue weighted by Crippen LogP contribution is -2.48. The van der Waals surface area contributed by atoms with Crippen molar-refractivity contribution >= 4 is 29.0 Å². The van der Waals surface area contributed by atoms with E-state index >= 15 is 0 Å². The van der Waals surface area contributed by atoms with E-state index in [1.807, 2.05) is 46.9 Å². The molecule has 1 aliphatic rings. The van der Waals surface area contributed by atoms with E-state index in [0.717, 1.165) is 29.4 Å². The number of thiazole rings is 1. The molecule has 26 heavy (non-hydrogen) atoms. The van der Waals surface area contributed by atoms with Crippen LogP contribution in [0, 0.1) is 5.41 Å². The zero-order valence-electron chi connectivity index (χ0n) is 14.9. The lowest BCUT2D eigenvalue weighted by molar-refractivity contribution is 0.0153. The van der Waals surface area contributed by atoms with Crippen LogP contribution in [0.5, 0.6) is 5.75 Å². The van der Waals surface area contributed by atoms with Gasteiger partial charge in [-0.25, -0.2) is 4.98 Å². The van der Waals surface area contributed by atoms with Crippen molar-refractivity contribution in [3.8, 4) is 5.75 Å². The van der Waals surface area contributed by atoms with Gasteiger partial charge in [0.05, 0.1) is 13.2 Å². The molecule has 1 aromatic heterocycles. The van der Waals surface area contributed by atoms with Crippen molar-refractivity contribution in [2.45, 2.75) is 23.6 Å². The van der Waals surface area contributed by atoms with Crippen molar-refractivity contribution in [3.63, 3.8) is 0 Å². The van der Waals surface area contributed by atoms with Gasteiger partial charge in [0.15, 0.2) is 0 Å². The molecule has 0 bridgehead atoms. The van der Waals surface area contributed by atoms with E-state index in [0.29, 0.717) is 25.4 Å². The van der Waals surface area contributed by atoms with Gasteiger partial charge in [0, 0.05) is 23.9 Å². The summed E-state index contributed by atoms with van der Waals surface area (Å²) in [6.07, 6.45) is 4.46. The van der Waals surface area contributed by atoms with E-state index in [4.69, 9.17) is 4.74 Å². The fraction of sp³-hybridized carbons (Fsp3) is 0.474. The van der Waals surface area contributed by atoms with Crippen molar-refractivity contribution < 1.29 is 14.6 Å². The third-order valence-corrected chi connectivity index (χ3v) is 6.67. The highest BCUT2D eigenvalue weighted by atomic mass is 32.2. The summed E-state index contributed by atoms with van der Waals surface area (Å²) in [7, 11) is 0. The number of likely N-dealkylation sites (tertiary alicyclic amines) is 1. The number of hydrogen-bond donors (Lipinski definition) is 1. The molecular weight excluding hydrogens is 368 g/mol. The normalized spacial score (nSPS) is 20.2. The summed E-state index contributed by atoms with van der Waals surface area (Å²) in [5, 5.41) is 11.9. The molecule has 140 valence electrons. The average molecular weight is 393 g/mol.